The minimum absolute atomic E-state index is 0.187. The molecule has 0 aliphatic carbocycles. The Bertz CT molecular complexity index is 1750. The third-order valence-electron chi connectivity index (χ3n) is 6.79. The predicted molar refractivity (Wildman–Crippen MR) is 166 cm³/mol. The summed E-state index contributed by atoms with van der Waals surface area (Å²) in [6, 6.07) is 47.2. The van der Waals surface area contributed by atoms with E-state index >= 15 is 0 Å². The first-order valence-corrected chi connectivity index (χ1v) is 13.1. The molecule has 194 valence electrons. The summed E-state index contributed by atoms with van der Waals surface area (Å²) in [5, 5.41) is 27.9. The predicted octanol–water partition coefficient (Wildman–Crippen LogP) is 9.59. The van der Waals surface area contributed by atoms with E-state index in [9.17, 15) is 10.2 Å². The molecule has 0 unspecified atom stereocenters. The number of rotatable bonds is 7. The highest BCUT2D eigenvalue weighted by atomic mass is 16.3. The second-order valence-electron chi connectivity index (χ2n) is 9.57. The molecule has 6 rings (SSSR count). The number of hydrogen-bond donors (Lipinski definition) is 4. The Morgan fingerprint density at radius 3 is 1.48 bits per heavy atom. The van der Waals surface area contributed by atoms with E-state index < -0.39 is 0 Å². The summed E-state index contributed by atoms with van der Waals surface area (Å²) in [7, 11) is 0. The summed E-state index contributed by atoms with van der Waals surface area (Å²) in [5.74, 6) is 0.376. The van der Waals surface area contributed by atoms with Gasteiger partial charge < -0.3 is 20.8 Å². The monoisotopic (exact) mass is 520 g/mol. The zero-order valence-corrected chi connectivity index (χ0v) is 21.8. The molecule has 0 saturated heterocycles. The fourth-order valence-electron chi connectivity index (χ4n) is 4.97. The zero-order chi connectivity index (χ0) is 27.3. The number of phenols is 2. The summed E-state index contributed by atoms with van der Waals surface area (Å²) in [6.45, 7) is 0. The van der Waals surface area contributed by atoms with Crippen LogP contribution in [0.5, 0.6) is 11.5 Å². The first kappa shape index (κ1) is 24.8. The Balaban J connectivity index is 1.54. The van der Waals surface area contributed by atoms with Gasteiger partial charge in [-0.25, -0.2) is 0 Å². The van der Waals surface area contributed by atoms with E-state index in [0.29, 0.717) is 0 Å². The first-order valence-electron chi connectivity index (χ1n) is 13.1. The highest BCUT2D eigenvalue weighted by molar-refractivity contribution is 6.01. The maximum absolute atomic E-state index is 10.5. The van der Waals surface area contributed by atoms with Crippen LogP contribution in [0.15, 0.2) is 146 Å². The van der Waals surface area contributed by atoms with E-state index in [2.05, 4.69) is 47.0 Å². The van der Waals surface area contributed by atoms with Gasteiger partial charge >= 0.3 is 0 Å². The van der Waals surface area contributed by atoms with Crippen LogP contribution in [-0.4, -0.2) is 10.2 Å². The minimum atomic E-state index is 0.187. The van der Waals surface area contributed by atoms with Gasteiger partial charge in [0.25, 0.3) is 0 Å². The lowest BCUT2D eigenvalue weighted by Crippen LogP contribution is -1.98. The van der Waals surface area contributed by atoms with Crippen molar-refractivity contribution in [3.05, 3.63) is 146 Å². The minimum Gasteiger partial charge on any atom is -0.508 e. The SMILES string of the molecule is Oc1cccc(-c2c(Nc3ccccc3)ccc(-c3ccc(Nc4ccccc4)cc3)c2-c2cccc(O)c2)c1. The van der Waals surface area contributed by atoms with Gasteiger partial charge in [0.05, 0.1) is 0 Å². The van der Waals surface area contributed by atoms with Crippen LogP contribution < -0.4 is 10.6 Å². The average Bonchev–Trinajstić information content (AvgIpc) is 2.98. The molecule has 0 aromatic heterocycles. The Morgan fingerprint density at radius 1 is 0.375 bits per heavy atom. The van der Waals surface area contributed by atoms with Gasteiger partial charge in [-0.1, -0.05) is 78.9 Å². The number of aromatic hydroxyl groups is 2. The van der Waals surface area contributed by atoms with Crippen LogP contribution in [0.25, 0.3) is 33.4 Å². The molecule has 0 amide bonds. The maximum Gasteiger partial charge on any atom is 0.116 e. The van der Waals surface area contributed by atoms with Crippen LogP contribution in [0.1, 0.15) is 0 Å². The second kappa shape index (κ2) is 11.1. The quantitative estimate of drug-likeness (QED) is 0.169. The summed E-state index contributed by atoms with van der Waals surface area (Å²) in [4.78, 5) is 0. The van der Waals surface area contributed by atoms with Gasteiger partial charge in [-0.2, -0.15) is 0 Å². The molecular weight excluding hydrogens is 492 g/mol. The van der Waals surface area contributed by atoms with Gasteiger partial charge in [0.1, 0.15) is 11.5 Å². The molecule has 0 aliphatic heterocycles. The van der Waals surface area contributed by atoms with Gasteiger partial charge in [0, 0.05) is 28.3 Å². The zero-order valence-electron chi connectivity index (χ0n) is 21.8. The molecular formula is C36H28N2O2. The number of nitrogens with one attached hydrogen (secondary N) is 2. The summed E-state index contributed by atoms with van der Waals surface area (Å²) < 4.78 is 0. The molecule has 4 heteroatoms. The third-order valence-corrected chi connectivity index (χ3v) is 6.79. The Hall–Kier alpha value is -5.48. The molecule has 0 aliphatic rings. The Kier molecular flexibility index (Phi) is 6.89. The van der Waals surface area contributed by atoms with Gasteiger partial charge in [0.15, 0.2) is 0 Å². The van der Waals surface area contributed by atoms with Gasteiger partial charge in [-0.3, -0.25) is 0 Å². The van der Waals surface area contributed by atoms with E-state index in [1.54, 1.807) is 24.3 Å². The average molecular weight is 521 g/mol. The van der Waals surface area contributed by atoms with Crippen molar-refractivity contribution in [3.63, 3.8) is 0 Å². The highest BCUT2D eigenvalue weighted by Gasteiger charge is 2.19. The van der Waals surface area contributed by atoms with Crippen LogP contribution in [0.4, 0.5) is 22.7 Å². The van der Waals surface area contributed by atoms with Crippen LogP contribution in [0.2, 0.25) is 0 Å². The molecule has 0 bridgehead atoms. The second-order valence-corrected chi connectivity index (χ2v) is 9.57. The normalized spacial score (nSPS) is 10.7. The lowest BCUT2D eigenvalue weighted by atomic mass is 9.86. The molecule has 4 N–H and O–H groups in total. The molecule has 0 atom stereocenters. The number of benzene rings is 6. The third kappa shape index (κ3) is 5.38. The van der Waals surface area contributed by atoms with E-state index in [1.165, 1.54) is 0 Å². The molecule has 4 nitrogen and oxygen atoms in total. The van der Waals surface area contributed by atoms with Crippen molar-refractivity contribution in [2.45, 2.75) is 0 Å². The molecule has 0 saturated carbocycles. The van der Waals surface area contributed by atoms with Crippen LogP contribution >= 0.6 is 0 Å². The van der Waals surface area contributed by atoms with Gasteiger partial charge in [-0.15, -0.1) is 0 Å². The van der Waals surface area contributed by atoms with Crippen LogP contribution in [0, 0.1) is 0 Å². The fourth-order valence-corrected chi connectivity index (χ4v) is 4.97. The molecule has 40 heavy (non-hydrogen) atoms. The Morgan fingerprint density at radius 2 is 0.900 bits per heavy atom. The lowest BCUT2D eigenvalue weighted by molar-refractivity contribution is 0.475. The fraction of sp³-hybridized carbons (Fsp3) is 0. The number of anilines is 4. The van der Waals surface area contributed by atoms with Crippen molar-refractivity contribution < 1.29 is 10.2 Å². The number of para-hydroxylation sites is 2. The smallest absolute Gasteiger partial charge is 0.116 e. The van der Waals surface area contributed by atoms with Gasteiger partial charge in [-0.05, 0) is 94.5 Å². The largest absolute Gasteiger partial charge is 0.508 e. The standard InChI is InChI=1S/C36H28N2O2/c39-31-15-7-9-26(23-31)35-33(25-17-19-30(20-18-25)37-28-11-3-1-4-12-28)21-22-34(38-29-13-5-2-6-14-29)36(35)27-10-8-16-32(40)24-27/h1-24,37-40H. The molecule has 0 spiro atoms. The summed E-state index contributed by atoms with van der Waals surface area (Å²) in [5.41, 5.74) is 9.51. The van der Waals surface area contributed by atoms with Crippen molar-refractivity contribution in [1.82, 2.24) is 0 Å². The molecule has 6 aromatic rings. The van der Waals surface area contributed by atoms with Crippen molar-refractivity contribution >= 4 is 22.7 Å². The van der Waals surface area contributed by atoms with E-state index in [4.69, 9.17) is 0 Å². The topological polar surface area (TPSA) is 64.5 Å². The maximum atomic E-state index is 10.5. The number of phenolic OH excluding ortho intramolecular Hbond substituents is 2. The Labute approximate surface area is 233 Å². The number of hydrogen-bond acceptors (Lipinski definition) is 4. The summed E-state index contributed by atoms with van der Waals surface area (Å²) >= 11 is 0. The highest BCUT2D eigenvalue weighted by Crippen LogP contribution is 2.46. The van der Waals surface area contributed by atoms with E-state index in [0.717, 1.165) is 56.1 Å². The van der Waals surface area contributed by atoms with Crippen molar-refractivity contribution in [3.8, 4) is 44.9 Å². The van der Waals surface area contributed by atoms with Crippen LogP contribution in [0.3, 0.4) is 0 Å². The molecule has 6 aromatic carbocycles. The van der Waals surface area contributed by atoms with Crippen molar-refractivity contribution in [2.24, 2.45) is 0 Å². The molecule has 0 heterocycles. The van der Waals surface area contributed by atoms with Crippen molar-refractivity contribution in [1.29, 1.82) is 0 Å². The summed E-state index contributed by atoms with van der Waals surface area (Å²) in [6.07, 6.45) is 0. The first-order chi connectivity index (χ1) is 19.6. The molecule has 0 fully saturated rings. The van der Waals surface area contributed by atoms with Crippen molar-refractivity contribution in [2.75, 3.05) is 10.6 Å². The molecule has 0 radical (unpaired) electrons. The van der Waals surface area contributed by atoms with E-state index in [-0.39, 0.29) is 11.5 Å². The van der Waals surface area contributed by atoms with Crippen LogP contribution in [-0.2, 0) is 0 Å². The van der Waals surface area contributed by atoms with Gasteiger partial charge in [0.2, 0.25) is 0 Å². The van der Waals surface area contributed by atoms with E-state index in [1.807, 2.05) is 84.9 Å². The lowest BCUT2D eigenvalue weighted by Gasteiger charge is -2.21.